The molecule has 2 saturated heterocycles. The van der Waals surface area contributed by atoms with Crippen molar-refractivity contribution in [2.45, 2.75) is 37.9 Å². The summed E-state index contributed by atoms with van der Waals surface area (Å²) in [6.07, 6.45) is 1.85. The maximum absolute atomic E-state index is 6.15. The second kappa shape index (κ2) is 6.29. The molecule has 3 aliphatic rings. The van der Waals surface area contributed by atoms with Crippen LogP contribution in [0.5, 0.6) is 11.5 Å². The standard InChI is InChI=1S/C22H26O4/c1-15-16(2)22(18-7-11-20(24-4)12-8-18)14-13-21(15,25-26-22)17-5-9-19(23-3)10-6-17/h5-12,15-16H,13-14H2,1-4H3/t15-,16+,21-,22+. The second-order valence-electron chi connectivity index (χ2n) is 7.48. The van der Waals surface area contributed by atoms with E-state index in [4.69, 9.17) is 19.2 Å². The molecule has 0 amide bonds. The number of hydrogen-bond acceptors (Lipinski definition) is 4. The quantitative estimate of drug-likeness (QED) is 0.738. The molecule has 1 aliphatic carbocycles. The first-order valence-electron chi connectivity index (χ1n) is 9.21. The Labute approximate surface area is 155 Å². The van der Waals surface area contributed by atoms with Crippen LogP contribution in [0.2, 0.25) is 0 Å². The Morgan fingerprint density at radius 1 is 0.692 bits per heavy atom. The fraction of sp³-hybridized carbons (Fsp3) is 0.455. The summed E-state index contributed by atoms with van der Waals surface area (Å²) in [5.41, 5.74) is 1.50. The normalized spacial score (nSPS) is 33.1. The highest BCUT2D eigenvalue weighted by molar-refractivity contribution is 5.36. The van der Waals surface area contributed by atoms with Crippen molar-refractivity contribution in [3.05, 3.63) is 59.7 Å². The molecule has 2 heterocycles. The Morgan fingerprint density at radius 3 is 1.31 bits per heavy atom. The molecule has 26 heavy (non-hydrogen) atoms. The lowest BCUT2D eigenvalue weighted by atomic mass is 9.58. The maximum Gasteiger partial charge on any atom is 0.131 e. The minimum absolute atomic E-state index is 0.320. The van der Waals surface area contributed by atoms with Gasteiger partial charge in [-0.3, -0.25) is 0 Å². The van der Waals surface area contributed by atoms with Gasteiger partial charge in [-0.25, -0.2) is 9.78 Å². The minimum Gasteiger partial charge on any atom is -0.497 e. The van der Waals surface area contributed by atoms with Gasteiger partial charge in [-0.15, -0.1) is 0 Å². The van der Waals surface area contributed by atoms with Crippen LogP contribution >= 0.6 is 0 Å². The second-order valence-corrected chi connectivity index (χ2v) is 7.48. The summed E-state index contributed by atoms with van der Waals surface area (Å²) in [6.45, 7) is 4.55. The molecule has 2 aliphatic heterocycles. The van der Waals surface area contributed by atoms with E-state index in [1.165, 1.54) is 0 Å². The van der Waals surface area contributed by atoms with Gasteiger partial charge in [0, 0.05) is 0 Å². The topological polar surface area (TPSA) is 36.9 Å². The van der Waals surface area contributed by atoms with Gasteiger partial charge in [0.2, 0.25) is 0 Å². The molecule has 4 atom stereocenters. The molecule has 0 N–H and O–H groups in total. The Bertz CT molecular complexity index is 690. The largest absolute Gasteiger partial charge is 0.497 e. The fourth-order valence-electron chi connectivity index (χ4n) is 4.68. The highest BCUT2D eigenvalue weighted by Gasteiger charge is 2.61. The summed E-state index contributed by atoms with van der Waals surface area (Å²) in [6, 6.07) is 16.3. The lowest BCUT2D eigenvalue weighted by Gasteiger charge is -2.59. The van der Waals surface area contributed by atoms with Gasteiger partial charge < -0.3 is 9.47 Å². The maximum atomic E-state index is 6.15. The van der Waals surface area contributed by atoms with E-state index in [1.807, 2.05) is 24.3 Å². The third kappa shape index (κ3) is 2.36. The summed E-state index contributed by atoms with van der Waals surface area (Å²) in [4.78, 5) is 12.3. The van der Waals surface area contributed by atoms with Crippen LogP contribution in [-0.2, 0) is 21.0 Å². The molecule has 0 unspecified atom stereocenters. The number of methoxy groups -OCH3 is 2. The van der Waals surface area contributed by atoms with Crippen LogP contribution in [0.4, 0.5) is 0 Å². The Hall–Kier alpha value is -2.04. The summed E-state index contributed by atoms with van der Waals surface area (Å²) in [7, 11) is 3.37. The molecule has 138 valence electrons. The zero-order valence-corrected chi connectivity index (χ0v) is 15.8. The first-order valence-corrected chi connectivity index (χ1v) is 9.21. The molecule has 2 bridgehead atoms. The van der Waals surface area contributed by atoms with Crippen LogP contribution in [0.3, 0.4) is 0 Å². The van der Waals surface area contributed by atoms with Crippen molar-refractivity contribution in [1.29, 1.82) is 0 Å². The number of fused-ring (bicyclic) bond motifs is 3. The average molecular weight is 354 g/mol. The molecule has 2 aromatic carbocycles. The first-order chi connectivity index (χ1) is 12.6. The lowest BCUT2D eigenvalue weighted by Crippen LogP contribution is -2.59. The van der Waals surface area contributed by atoms with E-state index in [1.54, 1.807) is 14.2 Å². The van der Waals surface area contributed by atoms with Crippen LogP contribution in [0.15, 0.2) is 48.5 Å². The molecule has 2 aromatic rings. The predicted octanol–water partition coefficient (Wildman–Crippen LogP) is 4.82. The monoisotopic (exact) mass is 354 g/mol. The molecular weight excluding hydrogens is 328 g/mol. The van der Waals surface area contributed by atoms with Crippen molar-refractivity contribution in [3.8, 4) is 11.5 Å². The van der Waals surface area contributed by atoms with Crippen LogP contribution in [0, 0.1) is 11.8 Å². The van der Waals surface area contributed by atoms with Gasteiger partial charge in [0.15, 0.2) is 0 Å². The van der Waals surface area contributed by atoms with Crippen LogP contribution in [-0.4, -0.2) is 14.2 Å². The van der Waals surface area contributed by atoms with Crippen molar-refractivity contribution in [2.24, 2.45) is 11.8 Å². The van der Waals surface area contributed by atoms with Crippen LogP contribution in [0.1, 0.15) is 37.8 Å². The number of benzene rings is 2. The van der Waals surface area contributed by atoms with E-state index in [9.17, 15) is 0 Å². The molecule has 0 radical (unpaired) electrons. The summed E-state index contributed by atoms with van der Waals surface area (Å²) < 4.78 is 10.6. The van der Waals surface area contributed by atoms with Crippen molar-refractivity contribution >= 4 is 0 Å². The average Bonchev–Trinajstić information content (AvgIpc) is 2.72. The van der Waals surface area contributed by atoms with Gasteiger partial charge in [0.25, 0.3) is 0 Å². The van der Waals surface area contributed by atoms with Gasteiger partial charge in [-0.05, 0) is 60.1 Å². The predicted molar refractivity (Wildman–Crippen MR) is 99.1 cm³/mol. The number of hydrogen-bond donors (Lipinski definition) is 0. The van der Waals surface area contributed by atoms with Gasteiger partial charge in [-0.1, -0.05) is 38.1 Å². The van der Waals surface area contributed by atoms with E-state index in [-0.39, 0.29) is 0 Å². The molecule has 5 rings (SSSR count). The molecule has 0 aromatic heterocycles. The van der Waals surface area contributed by atoms with Gasteiger partial charge in [0.1, 0.15) is 22.7 Å². The third-order valence-corrected chi connectivity index (χ3v) is 6.59. The summed E-state index contributed by atoms with van der Waals surface area (Å²) >= 11 is 0. The highest BCUT2D eigenvalue weighted by atomic mass is 17.2. The number of ether oxygens (including phenoxy) is 2. The molecule has 3 fully saturated rings. The Morgan fingerprint density at radius 2 is 1.04 bits per heavy atom. The zero-order chi connectivity index (χ0) is 18.4. The van der Waals surface area contributed by atoms with Crippen molar-refractivity contribution < 1.29 is 19.2 Å². The smallest absolute Gasteiger partial charge is 0.131 e. The molecule has 0 spiro atoms. The Balaban J connectivity index is 1.67. The van der Waals surface area contributed by atoms with E-state index < -0.39 is 11.2 Å². The SMILES string of the molecule is COc1ccc([C@]23CC[C@](c4ccc(OC)cc4)(OO2)[C@@H](C)[C@H]3C)cc1. The van der Waals surface area contributed by atoms with E-state index in [0.29, 0.717) is 11.8 Å². The lowest BCUT2D eigenvalue weighted by molar-refractivity contribution is -0.506. The van der Waals surface area contributed by atoms with Gasteiger partial charge >= 0.3 is 0 Å². The van der Waals surface area contributed by atoms with Gasteiger partial charge in [-0.2, -0.15) is 0 Å². The van der Waals surface area contributed by atoms with E-state index >= 15 is 0 Å². The van der Waals surface area contributed by atoms with Crippen LogP contribution in [0.25, 0.3) is 0 Å². The first kappa shape index (κ1) is 17.4. The molecule has 1 saturated carbocycles. The van der Waals surface area contributed by atoms with Crippen molar-refractivity contribution in [3.63, 3.8) is 0 Å². The van der Waals surface area contributed by atoms with Crippen LogP contribution < -0.4 is 9.47 Å². The molecular formula is C22H26O4. The van der Waals surface area contributed by atoms with Gasteiger partial charge in [0.05, 0.1) is 14.2 Å². The summed E-state index contributed by atoms with van der Waals surface area (Å²) in [5, 5.41) is 0. The molecule has 4 heteroatoms. The highest BCUT2D eigenvalue weighted by Crippen LogP contribution is 2.61. The van der Waals surface area contributed by atoms with E-state index in [2.05, 4.69) is 38.1 Å². The third-order valence-electron chi connectivity index (χ3n) is 6.59. The zero-order valence-electron chi connectivity index (χ0n) is 15.8. The minimum atomic E-state index is -0.403. The Kier molecular flexibility index (Phi) is 4.20. The molecule has 4 nitrogen and oxygen atoms in total. The van der Waals surface area contributed by atoms with Crippen molar-refractivity contribution in [2.75, 3.05) is 14.2 Å². The summed E-state index contributed by atoms with van der Waals surface area (Å²) in [5.74, 6) is 2.35. The number of rotatable bonds is 4. The fourth-order valence-corrected chi connectivity index (χ4v) is 4.68. The van der Waals surface area contributed by atoms with Crippen molar-refractivity contribution in [1.82, 2.24) is 0 Å². The van der Waals surface area contributed by atoms with E-state index in [0.717, 1.165) is 35.5 Å².